The minimum atomic E-state index is -1.06. The van der Waals surface area contributed by atoms with Crippen LogP contribution >= 0.6 is 0 Å². The number of carbonyl (C=O) groups excluding carboxylic acids is 1. The molecule has 0 spiro atoms. The monoisotopic (exact) mass is 286 g/mol. The number of rotatable bonds is 7. The molecule has 1 heterocycles. The normalized spacial score (nSPS) is 24.8. The van der Waals surface area contributed by atoms with Crippen LogP contribution < -0.4 is 5.32 Å². The molecule has 1 rings (SSSR count). The maximum Gasteiger partial charge on any atom is 0.306 e. The lowest BCUT2D eigenvalue weighted by Gasteiger charge is -2.43. The minimum absolute atomic E-state index is 0.0586. The Hall–Kier alpha value is -1.14. The van der Waals surface area contributed by atoms with Gasteiger partial charge in [-0.1, -0.05) is 27.7 Å². The summed E-state index contributed by atoms with van der Waals surface area (Å²) in [6, 6.07) is 0. The number of carboxylic acids is 1. The molecule has 1 saturated heterocycles. The van der Waals surface area contributed by atoms with E-state index >= 15 is 0 Å². The zero-order valence-corrected chi connectivity index (χ0v) is 12.7. The summed E-state index contributed by atoms with van der Waals surface area (Å²) >= 11 is 0. The highest BCUT2D eigenvalue weighted by atomic mass is 16.4. The van der Waals surface area contributed by atoms with Crippen LogP contribution in [0.25, 0.3) is 0 Å². The van der Waals surface area contributed by atoms with Crippen molar-refractivity contribution in [2.24, 2.45) is 11.8 Å². The molecule has 0 aromatic carbocycles. The molecule has 0 radical (unpaired) electrons. The third kappa shape index (κ3) is 3.70. The minimum Gasteiger partial charge on any atom is -0.481 e. The van der Waals surface area contributed by atoms with Gasteiger partial charge in [0.1, 0.15) is 0 Å². The third-order valence-electron chi connectivity index (χ3n) is 3.81. The molecule has 3 N–H and O–H groups in total. The van der Waals surface area contributed by atoms with Gasteiger partial charge in [0, 0.05) is 6.54 Å². The average molecular weight is 286 g/mol. The summed E-state index contributed by atoms with van der Waals surface area (Å²) in [7, 11) is 0. The first-order valence-corrected chi connectivity index (χ1v) is 7.14. The largest absolute Gasteiger partial charge is 0.481 e. The molecule has 0 saturated carbocycles. The molecule has 1 aliphatic rings. The summed E-state index contributed by atoms with van der Waals surface area (Å²) in [5.74, 6) is -0.580. The summed E-state index contributed by atoms with van der Waals surface area (Å²) in [5, 5.41) is 21.9. The lowest BCUT2D eigenvalue weighted by Crippen LogP contribution is -2.58. The number of hydrogen-bond acceptors (Lipinski definition) is 4. The van der Waals surface area contributed by atoms with Gasteiger partial charge in [-0.3, -0.25) is 14.9 Å². The maximum atomic E-state index is 12.1. The first-order chi connectivity index (χ1) is 9.19. The Labute approximate surface area is 120 Å². The molecule has 0 aromatic heterocycles. The van der Waals surface area contributed by atoms with Crippen molar-refractivity contribution in [2.75, 3.05) is 13.1 Å². The average Bonchev–Trinajstić information content (AvgIpc) is 2.57. The Bertz CT molecular complexity index is 370. The zero-order valence-electron chi connectivity index (χ0n) is 12.7. The lowest BCUT2D eigenvalue weighted by atomic mass is 9.86. The summed E-state index contributed by atoms with van der Waals surface area (Å²) in [5.41, 5.74) is -0.495. The molecule has 6 nitrogen and oxygen atoms in total. The van der Waals surface area contributed by atoms with Crippen LogP contribution in [-0.2, 0) is 9.59 Å². The van der Waals surface area contributed by atoms with Crippen LogP contribution in [0.1, 0.15) is 40.5 Å². The molecule has 0 aromatic rings. The van der Waals surface area contributed by atoms with Crippen molar-refractivity contribution in [3.05, 3.63) is 0 Å². The highest BCUT2D eigenvalue weighted by molar-refractivity contribution is 5.81. The quantitative estimate of drug-likeness (QED) is 0.639. The second-order valence-corrected chi connectivity index (χ2v) is 6.29. The van der Waals surface area contributed by atoms with Crippen LogP contribution in [0.3, 0.4) is 0 Å². The smallest absolute Gasteiger partial charge is 0.306 e. The van der Waals surface area contributed by atoms with E-state index in [1.807, 2.05) is 13.8 Å². The van der Waals surface area contributed by atoms with E-state index in [4.69, 9.17) is 5.11 Å². The van der Waals surface area contributed by atoms with Gasteiger partial charge in [0.15, 0.2) is 0 Å². The van der Waals surface area contributed by atoms with Gasteiger partial charge in [0.25, 0.3) is 0 Å². The lowest BCUT2D eigenvalue weighted by molar-refractivity contribution is -0.142. The Kier molecular flexibility index (Phi) is 5.53. The number of hydrogen-bond donors (Lipinski definition) is 3. The van der Waals surface area contributed by atoms with E-state index < -0.39 is 17.7 Å². The van der Waals surface area contributed by atoms with Crippen LogP contribution in [0.5, 0.6) is 0 Å². The first-order valence-electron chi connectivity index (χ1n) is 7.14. The number of carbonyl (C=O) groups is 2. The highest BCUT2D eigenvalue weighted by Gasteiger charge is 2.47. The number of β-amino-alcohol motifs (C(OH)–C–C–N with tert-alkyl or cyclic N) is 1. The van der Waals surface area contributed by atoms with E-state index in [0.717, 1.165) is 6.42 Å². The molecular weight excluding hydrogens is 260 g/mol. The van der Waals surface area contributed by atoms with Crippen molar-refractivity contribution in [1.82, 2.24) is 10.2 Å². The summed E-state index contributed by atoms with van der Waals surface area (Å²) in [6.45, 7) is 8.53. The predicted octanol–water partition coefficient (Wildman–Crippen LogP) is 0.652. The van der Waals surface area contributed by atoms with Gasteiger partial charge in [0.05, 0.1) is 24.7 Å². The van der Waals surface area contributed by atoms with Crippen LogP contribution in [0.4, 0.5) is 0 Å². The van der Waals surface area contributed by atoms with Crippen molar-refractivity contribution in [1.29, 1.82) is 0 Å². The summed E-state index contributed by atoms with van der Waals surface area (Å²) < 4.78 is 0. The molecule has 2 atom stereocenters. The van der Waals surface area contributed by atoms with Crippen LogP contribution in [-0.4, -0.2) is 51.8 Å². The van der Waals surface area contributed by atoms with Crippen LogP contribution in [0, 0.1) is 11.8 Å². The van der Waals surface area contributed by atoms with Gasteiger partial charge in [0.2, 0.25) is 5.91 Å². The van der Waals surface area contributed by atoms with Gasteiger partial charge in [-0.05, 0) is 18.3 Å². The zero-order chi connectivity index (χ0) is 15.5. The van der Waals surface area contributed by atoms with Gasteiger partial charge in [-0.25, -0.2) is 0 Å². The molecule has 1 amide bonds. The first kappa shape index (κ1) is 16.9. The van der Waals surface area contributed by atoms with E-state index in [9.17, 15) is 14.7 Å². The number of nitrogens with one attached hydrogen (secondary N) is 1. The fourth-order valence-corrected chi connectivity index (χ4v) is 2.94. The van der Waals surface area contributed by atoms with Gasteiger partial charge >= 0.3 is 5.97 Å². The van der Waals surface area contributed by atoms with Crippen molar-refractivity contribution in [3.8, 4) is 0 Å². The number of nitrogens with zero attached hydrogens (tertiary/aromatic N) is 1. The van der Waals surface area contributed by atoms with E-state index in [-0.39, 0.29) is 31.3 Å². The number of aliphatic carboxylic acids is 1. The van der Waals surface area contributed by atoms with Crippen molar-refractivity contribution >= 4 is 11.9 Å². The van der Waals surface area contributed by atoms with Crippen molar-refractivity contribution in [3.63, 3.8) is 0 Å². The number of aliphatic hydroxyl groups excluding tert-OH is 1. The Morgan fingerprint density at radius 3 is 2.45 bits per heavy atom. The SMILES string of the molecule is CC(C)CC1(C(C)C)NCC(=O)N1CC(O)CC(=O)O. The molecule has 0 bridgehead atoms. The second kappa shape index (κ2) is 6.54. The Morgan fingerprint density at radius 2 is 2.00 bits per heavy atom. The number of aliphatic hydroxyl groups is 1. The number of carboxylic acid groups (broad SMARTS) is 1. The van der Waals surface area contributed by atoms with Crippen molar-refractivity contribution < 1.29 is 19.8 Å². The molecule has 1 fully saturated rings. The predicted molar refractivity (Wildman–Crippen MR) is 75.0 cm³/mol. The fraction of sp³-hybridized carbons (Fsp3) is 0.857. The van der Waals surface area contributed by atoms with Gasteiger partial charge in [-0.15, -0.1) is 0 Å². The standard InChI is InChI=1S/C14H26N2O4/c1-9(2)6-14(10(3)4)15-7-12(18)16(14)8-11(17)5-13(19)20/h9-11,15,17H,5-8H2,1-4H3,(H,19,20). The molecule has 0 aliphatic carbocycles. The number of amides is 1. The van der Waals surface area contributed by atoms with Crippen LogP contribution in [0.2, 0.25) is 0 Å². The maximum absolute atomic E-state index is 12.1. The summed E-state index contributed by atoms with van der Waals surface area (Å²) in [6.07, 6.45) is -0.614. The Morgan fingerprint density at radius 1 is 1.40 bits per heavy atom. The molecule has 20 heavy (non-hydrogen) atoms. The van der Waals surface area contributed by atoms with Gasteiger partial charge in [-0.2, -0.15) is 0 Å². The van der Waals surface area contributed by atoms with E-state index in [2.05, 4.69) is 19.2 Å². The molecular formula is C14H26N2O4. The van der Waals surface area contributed by atoms with E-state index in [1.54, 1.807) is 4.90 Å². The third-order valence-corrected chi connectivity index (χ3v) is 3.81. The molecule has 1 aliphatic heterocycles. The van der Waals surface area contributed by atoms with Gasteiger partial charge < -0.3 is 15.1 Å². The topological polar surface area (TPSA) is 89.9 Å². The van der Waals surface area contributed by atoms with Crippen LogP contribution in [0.15, 0.2) is 0 Å². The molecule has 2 unspecified atom stereocenters. The van der Waals surface area contributed by atoms with E-state index in [1.165, 1.54) is 0 Å². The highest BCUT2D eigenvalue weighted by Crippen LogP contribution is 2.33. The fourth-order valence-electron chi connectivity index (χ4n) is 2.94. The second-order valence-electron chi connectivity index (χ2n) is 6.29. The molecule has 6 heteroatoms. The van der Waals surface area contributed by atoms with E-state index in [0.29, 0.717) is 5.92 Å². The Balaban J connectivity index is 2.92. The summed E-state index contributed by atoms with van der Waals surface area (Å²) in [4.78, 5) is 24.4. The molecule has 116 valence electrons. The van der Waals surface area contributed by atoms with Crippen molar-refractivity contribution in [2.45, 2.75) is 52.3 Å².